The molecule has 2 N–H and O–H groups in total. The molecule has 0 radical (unpaired) electrons. The summed E-state index contributed by atoms with van der Waals surface area (Å²) in [6, 6.07) is 4.89. The van der Waals surface area contributed by atoms with Crippen LogP contribution in [0.25, 0.3) is 0 Å². The average Bonchev–Trinajstić information content (AvgIpc) is 3.05. The number of guanidine groups is 1. The molecule has 21 heavy (non-hydrogen) atoms. The SMILES string of the molecule is CN=C(NCC(C)c1cccs1)NC1CCCC(SC)C1. The second kappa shape index (κ2) is 8.69. The zero-order valence-corrected chi connectivity index (χ0v) is 14.9. The Kier molecular flexibility index (Phi) is 6.90. The maximum atomic E-state index is 4.38. The van der Waals surface area contributed by atoms with Crippen molar-refractivity contribution in [3.05, 3.63) is 22.4 Å². The van der Waals surface area contributed by atoms with Crippen molar-refractivity contribution >= 4 is 29.1 Å². The molecule has 0 amide bonds. The first-order chi connectivity index (χ1) is 10.2. The average molecular weight is 326 g/mol. The summed E-state index contributed by atoms with van der Waals surface area (Å²) in [7, 11) is 1.86. The van der Waals surface area contributed by atoms with Gasteiger partial charge in [0.1, 0.15) is 0 Å². The van der Waals surface area contributed by atoms with Crippen LogP contribution >= 0.6 is 23.1 Å². The fourth-order valence-corrected chi connectivity index (χ4v) is 4.41. The molecular weight excluding hydrogens is 298 g/mol. The Hall–Kier alpha value is -0.680. The van der Waals surface area contributed by atoms with E-state index in [0.717, 1.165) is 17.8 Å². The molecule has 2 rings (SSSR count). The number of rotatable bonds is 5. The third-order valence-corrected chi connectivity index (χ3v) is 6.33. The lowest BCUT2D eigenvalue weighted by atomic mass is 9.95. The third-order valence-electron chi connectivity index (χ3n) is 4.13. The Morgan fingerprint density at radius 2 is 2.38 bits per heavy atom. The van der Waals surface area contributed by atoms with Gasteiger partial charge in [-0.1, -0.05) is 19.4 Å². The topological polar surface area (TPSA) is 36.4 Å². The van der Waals surface area contributed by atoms with Crippen molar-refractivity contribution < 1.29 is 0 Å². The zero-order chi connectivity index (χ0) is 15.1. The molecule has 0 spiro atoms. The minimum Gasteiger partial charge on any atom is -0.356 e. The molecule has 1 heterocycles. The Labute approximate surface area is 137 Å². The van der Waals surface area contributed by atoms with Crippen molar-refractivity contribution in [1.82, 2.24) is 10.6 Å². The Balaban J connectivity index is 1.78. The summed E-state index contributed by atoms with van der Waals surface area (Å²) in [4.78, 5) is 5.81. The Morgan fingerprint density at radius 3 is 3.05 bits per heavy atom. The van der Waals surface area contributed by atoms with Gasteiger partial charge in [0.05, 0.1) is 0 Å². The summed E-state index contributed by atoms with van der Waals surface area (Å²) in [6.45, 7) is 3.19. The minimum absolute atomic E-state index is 0.522. The van der Waals surface area contributed by atoms with Crippen molar-refractivity contribution in [2.75, 3.05) is 19.8 Å². The summed E-state index contributed by atoms with van der Waals surface area (Å²) >= 11 is 3.83. The quantitative estimate of drug-likeness (QED) is 0.640. The number of thiophene rings is 1. The summed E-state index contributed by atoms with van der Waals surface area (Å²) < 4.78 is 0. The largest absolute Gasteiger partial charge is 0.356 e. The predicted octanol–water partition coefficient (Wildman–Crippen LogP) is 3.69. The lowest BCUT2D eigenvalue weighted by Gasteiger charge is -2.30. The van der Waals surface area contributed by atoms with E-state index in [1.807, 2.05) is 30.1 Å². The monoisotopic (exact) mass is 325 g/mol. The van der Waals surface area contributed by atoms with E-state index in [-0.39, 0.29) is 0 Å². The van der Waals surface area contributed by atoms with Crippen molar-refractivity contribution in [3.8, 4) is 0 Å². The highest BCUT2D eigenvalue weighted by atomic mass is 32.2. The van der Waals surface area contributed by atoms with Crippen LogP contribution in [0, 0.1) is 0 Å². The molecule has 0 aromatic carbocycles. The van der Waals surface area contributed by atoms with E-state index < -0.39 is 0 Å². The van der Waals surface area contributed by atoms with Crippen LogP contribution in [0.1, 0.15) is 43.4 Å². The number of nitrogens with zero attached hydrogens (tertiary/aromatic N) is 1. The van der Waals surface area contributed by atoms with Gasteiger partial charge in [-0.05, 0) is 37.0 Å². The van der Waals surface area contributed by atoms with Crippen LogP contribution < -0.4 is 10.6 Å². The van der Waals surface area contributed by atoms with Gasteiger partial charge in [-0.25, -0.2) is 0 Å². The summed E-state index contributed by atoms with van der Waals surface area (Å²) in [5.41, 5.74) is 0. The van der Waals surface area contributed by atoms with E-state index in [4.69, 9.17) is 0 Å². The second-order valence-corrected chi connectivity index (χ2v) is 7.85. The van der Waals surface area contributed by atoms with E-state index >= 15 is 0 Å². The summed E-state index contributed by atoms with van der Waals surface area (Å²) in [6.07, 6.45) is 7.43. The van der Waals surface area contributed by atoms with Crippen molar-refractivity contribution in [2.45, 2.75) is 49.8 Å². The first-order valence-corrected chi connectivity index (χ1v) is 9.93. The van der Waals surface area contributed by atoms with Crippen LogP contribution in [-0.2, 0) is 0 Å². The van der Waals surface area contributed by atoms with Gasteiger partial charge in [-0.3, -0.25) is 4.99 Å². The number of nitrogens with one attached hydrogen (secondary N) is 2. The van der Waals surface area contributed by atoms with E-state index in [1.54, 1.807) is 0 Å². The van der Waals surface area contributed by atoms with Gasteiger partial charge in [-0.15, -0.1) is 11.3 Å². The maximum absolute atomic E-state index is 4.38. The smallest absolute Gasteiger partial charge is 0.191 e. The number of hydrogen-bond acceptors (Lipinski definition) is 3. The molecule has 0 saturated heterocycles. The molecule has 0 bridgehead atoms. The molecule has 3 nitrogen and oxygen atoms in total. The number of aliphatic imine (C=N–C) groups is 1. The van der Waals surface area contributed by atoms with Gasteiger partial charge in [0.2, 0.25) is 0 Å². The minimum atomic E-state index is 0.522. The second-order valence-electron chi connectivity index (χ2n) is 5.74. The molecule has 3 unspecified atom stereocenters. The lowest BCUT2D eigenvalue weighted by molar-refractivity contribution is 0.419. The van der Waals surface area contributed by atoms with Gasteiger partial charge in [-0.2, -0.15) is 11.8 Å². The Bertz CT molecular complexity index is 431. The highest BCUT2D eigenvalue weighted by Crippen LogP contribution is 2.26. The predicted molar refractivity (Wildman–Crippen MR) is 96.8 cm³/mol. The fraction of sp³-hybridized carbons (Fsp3) is 0.688. The van der Waals surface area contributed by atoms with Crippen LogP contribution in [0.3, 0.4) is 0 Å². The maximum Gasteiger partial charge on any atom is 0.191 e. The molecule has 5 heteroatoms. The van der Waals surface area contributed by atoms with Crippen LogP contribution in [0.4, 0.5) is 0 Å². The molecule has 1 saturated carbocycles. The van der Waals surface area contributed by atoms with Gasteiger partial charge < -0.3 is 10.6 Å². The fourth-order valence-electron chi connectivity index (χ4n) is 2.80. The highest BCUT2D eigenvalue weighted by molar-refractivity contribution is 7.99. The van der Waals surface area contributed by atoms with Crippen LogP contribution in [0.2, 0.25) is 0 Å². The highest BCUT2D eigenvalue weighted by Gasteiger charge is 2.22. The van der Waals surface area contributed by atoms with Crippen LogP contribution in [-0.4, -0.2) is 37.1 Å². The normalized spacial score (nSPS) is 24.6. The zero-order valence-electron chi connectivity index (χ0n) is 13.3. The van der Waals surface area contributed by atoms with Gasteiger partial charge in [0.15, 0.2) is 5.96 Å². The first-order valence-electron chi connectivity index (χ1n) is 7.76. The molecule has 1 aliphatic rings. The van der Waals surface area contributed by atoms with E-state index in [1.165, 1.54) is 30.6 Å². The molecule has 1 aromatic rings. The van der Waals surface area contributed by atoms with E-state index in [2.05, 4.69) is 46.3 Å². The standard InChI is InChI=1S/C16H27N3S2/c1-12(15-8-5-9-21-15)11-18-16(17-2)19-13-6-4-7-14(10-13)20-3/h5,8-9,12-14H,4,6-7,10-11H2,1-3H3,(H2,17,18,19). The molecule has 1 aliphatic carbocycles. The van der Waals surface area contributed by atoms with Gasteiger partial charge in [0.25, 0.3) is 0 Å². The van der Waals surface area contributed by atoms with Crippen LogP contribution in [0.5, 0.6) is 0 Å². The third kappa shape index (κ3) is 5.22. The lowest BCUT2D eigenvalue weighted by Crippen LogP contribution is -2.46. The van der Waals surface area contributed by atoms with E-state index in [0.29, 0.717) is 12.0 Å². The first kappa shape index (κ1) is 16.7. The van der Waals surface area contributed by atoms with Crippen LogP contribution in [0.15, 0.2) is 22.5 Å². The van der Waals surface area contributed by atoms with Crippen molar-refractivity contribution in [2.24, 2.45) is 4.99 Å². The van der Waals surface area contributed by atoms with Gasteiger partial charge >= 0.3 is 0 Å². The van der Waals surface area contributed by atoms with E-state index in [9.17, 15) is 0 Å². The Morgan fingerprint density at radius 1 is 1.52 bits per heavy atom. The molecular formula is C16H27N3S2. The number of thioether (sulfide) groups is 1. The molecule has 0 aliphatic heterocycles. The molecule has 118 valence electrons. The van der Waals surface area contributed by atoms with Gasteiger partial charge in [0, 0.05) is 35.7 Å². The summed E-state index contributed by atoms with van der Waals surface area (Å²) in [5.74, 6) is 1.47. The summed E-state index contributed by atoms with van der Waals surface area (Å²) in [5, 5.41) is 10.0. The van der Waals surface area contributed by atoms with Crippen molar-refractivity contribution in [1.29, 1.82) is 0 Å². The molecule has 3 atom stereocenters. The molecule has 1 fully saturated rings. The number of hydrogen-bond donors (Lipinski definition) is 2. The van der Waals surface area contributed by atoms with Crippen molar-refractivity contribution in [3.63, 3.8) is 0 Å². The molecule has 1 aromatic heterocycles.